The average molecular weight is 143 g/mol. The lowest BCUT2D eigenvalue weighted by Gasteiger charge is -2.13. The molecule has 0 amide bonds. The summed E-state index contributed by atoms with van der Waals surface area (Å²) in [7, 11) is 0. The molecule has 4 nitrogen and oxygen atoms in total. The second-order valence-corrected chi connectivity index (χ2v) is 2.34. The fourth-order valence-electron chi connectivity index (χ4n) is 0.669. The SMILES string of the molecule is CC[C@H](C)[C@@H](CO)N=[N+]=[N-]. The normalized spacial score (nSPS) is 15.5. The van der Waals surface area contributed by atoms with Crippen LogP contribution in [0.15, 0.2) is 5.11 Å². The molecular weight excluding hydrogens is 130 g/mol. The monoisotopic (exact) mass is 143 g/mol. The van der Waals surface area contributed by atoms with E-state index in [0.29, 0.717) is 0 Å². The van der Waals surface area contributed by atoms with Crippen LogP contribution in [0.3, 0.4) is 0 Å². The van der Waals surface area contributed by atoms with E-state index in [4.69, 9.17) is 10.6 Å². The zero-order valence-corrected chi connectivity index (χ0v) is 6.36. The quantitative estimate of drug-likeness (QED) is 0.363. The summed E-state index contributed by atoms with van der Waals surface area (Å²) in [6.07, 6.45) is 0.921. The molecule has 0 unspecified atom stereocenters. The molecule has 4 heteroatoms. The summed E-state index contributed by atoms with van der Waals surface area (Å²) in [6.45, 7) is 3.90. The van der Waals surface area contributed by atoms with Crippen LogP contribution >= 0.6 is 0 Å². The van der Waals surface area contributed by atoms with Crippen LogP contribution in [0.2, 0.25) is 0 Å². The van der Waals surface area contributed by atoms with E-state index in [-0.39, 0.29) is 18.6 Å². The Hall–Kier alpha value is -0.730. The van der Waals surface area contributed by atoms with E-state index in [2.05, 4.69) is 10.0 Å². The maximum atomic E-state index is 8.69. The van der Waals surface area contributed by atoms with Gasteiger partial charge in [0.05, 0.1) is 12.6 Å². The van der Waals surface area contributed by atoms with Gasteiger partial charge in [0.15, 0.2) is 0 Å². The summed E-state index contributed by atoms with van der Waals surface area (Å²) < 4.78 is 0. The second kappa shape index (κ2) is 5.09. The highest BCUT2D eigenvalue weighted by atomic mass is 16.3. The Labute approximate surface area is 60.5 Å². The molecule has 1 N–H and O–H groups in total. The molecular formula is C6H13N3O. The zero-order valence-electron chi connectivity index (χ0n) is 6.36. The first-order valence-corrected chi connectivity index (χ1v) is 3.41. The fourth-order valence-corrected chi connectivity index (χ4v) is 0.669. The minimum Gasteiger partial charge on any atom is -0.396 e. The van der Waals surface area contributed by atoms with Gasteiger partial charge in [-0.3, -0.25) is 0 Å². The lowest BCUT2D eigenvalue weighted by Crippen LogP contribution is -2.18. The molecule has 0 heterocycles. The molecule has 0 aliphatic heterocycles. The maximum absolute atomic E-state index is 8.69. The van der Waals surface area contributed by atoms with Crippen molar-refractivity contribution in [2.45, 2.75) is 26.3 Å². The van der Waals surface area contributed by atoms with Crippen molar-refractivity contribution in [3.63, 3.8) is 0 Å². The van der Waals surface area contributed by atoms with Gasteiger partial charge in [-0.15, -0.1) is 0 Å². The molecule has 0 aliphatic carbocycles. The number of hydrogen-bond acceptors (Lipinski definition) is 2. The first kappa shape index (κ1) is 9.27. The molecule has 2 atom stereocenters. The van der Waals surface area contributed by atoms with Crippen molar-refractivity contribution in [1.82, 2.24) is 0 Å². The predicted octanol–water partition coefficient (Wildman–Crippen LogP) is 1.70. The van der Waals surface area contributed by atoms with Crippen molar-refractivity contribution in [3.8, 4) is 0 Å². The topological polar surface area (TPSA) is 69.0 Å². The highest BCUT2D eigenvalue weighted by Gasteiger charge is 2.11. The molecule has 0 radical (unpaired) electrons. The number of azide groups is 1. The van der Waals surface area contributed by atoms with E-state index < -0.39 is 0 Å². The largest absolute Gasteiger partial charge is 0.396 e. The first-order chi connectivity index (χ1) is 4.76. The first-order valence-electron chi connectivity index (χ1n) is 3.41. The third kappa shape index (κ3) is 2.71. The molecule has 0 aromatic heterocycles. The van der Waals surface area contributed by atoms with Gasteiger partial charge in [-0.1, -0.05) is 25.4 Å². The molecule has 0 aliphatic rings. The van der Waals surface area contributed by atoms with E-state index in [1.807, 2.05) is 13.8 Å². The maximum Gasteiger partial charge on any atom is 0.0630 e. The Kier molecular flexibility index (Phi) is 4.72. The van der Waals surface area contributed by atoms with Gasteiger partial charge in [-0.2, -0.15) is 0 Å². The smallest absolute Gasteiger partial charge is 0.0630 e. The molecule has 0 aromatic rings. The van der Waals surface area contributed by atoms with Crippen LogP contribution in [0.1, 0.15) is 20.3 Å². The van der Waals surface area contributed by atoms with Crippen molar-refractivity contribution >= 4 is 0 Å². The second-order valence-electron chi connectivity index (χ2n) is 2.34. The summed E-state index contributed by atoms with van der Waals surface area (Å²) in [5.41, 5.74) is 8.06. The minimum atomic E-state index is -0.255. The molecule has 0 rings (SSSR count). The van der Waals surface area contributed by atoms with E-state index in [1.54, 1.807) is 0 Å². The Morgan fingerprint density at radius 2 is 2.30 bits per heavy atom. The van der Waals surface area contributed by atoms with Crippen molar-refractivity contribution < 1.29 is 5.11 Å². The molecule has 58 valence electrons. The summed E-state index contributed by atoms with van der Waals surface area (Å²) in [5, 5.41) is 12.1. The van der Waals surface area contributed by atoms with Gasteiger partial charge in [-0.05, 0) is 11.4 Å². The van der Waals surface area contributed by atoms with E-state index in [1.165, 1.54) is 0 Å². The van der Waals surface area contributed by atoms with Crippen molar-refractivity contribution in [2.75, 3.05) is 6.61 Å². The Bertz CT molecular complexity index is 131. The molecule has 0 saturated carbocycles. The molecule has 0 saturated heterocycles. The third-order valence-corrected chi connectivity index (χ3v) is 1.69. The highest BCUT2D eigenvalue weighted by molar-refractivity contribution is 4.70. The molecule has 0 spiro atoms. The standard InChI is InChI=1S/C6H13N3O/c1-3-5(2)6(4-10)8-9-7/h5-6,10H,3-4H2,1-2H3/t5-,6+/m0/s1. The van der Waals surface area contributed by atoms with Gasteiger partial charge < -0.3 is 5.11 Å². The summed E-state index contributed by atoms with van der Waals surface area (Å²) >= 11 is 0. The van der Waals surface area contributed by atoms with Crippen LogP contribution in [0.5, 0.6) is 0 Å². The Morgan fingerprint density at radius 3 is 2.60 bits per heavy atom. The van der Waals surface area contributed by atoms with Gasteiger partial charge in [0.2, 0.25) is 0 Å². The zero-order chi connectivity index (χ0) is 7.98. The number of aliphatic hydroxyl groups excluding tert-OH is 1. The highest BCUT2D eigenvalue weighted by Crippen LogP contribution is 2.10. The number of nitrogens with zero attached hydrogens (tertiary/aromatic N) is 3. The van der Waals surface area contributed by atoms with Crippen molar-refractivity contribution in [3.05, 3.63) is 10.4 Å². The van der Waals surface area contributed by atoms with E-state index in [0.717, 1.165) is 6.42 Å². The van der Waals surface area contributed by atoms with Crippen molar-refractivity contribution in [2.24, 2.45) is 11.0 Å². The average Bonchev–Trinajstić information content (AvgIpc) is 1.99. The van der Waals surface area contributed by atoms with Gasteiger partial charge in [-0.25, -0.2) is 0 Å². The lowest BCUT2D eigenvalue weighted by molar-refractivity contribution is 0.230. The van der Waals surface area contributed by atoms with Crippen LogP contribution < -0.4 is 0 Å². The summed E-state index contributed by atoms with van der Waals surface area (Å²) in [4.78, 5) is 2.64. The van der Waals surface area contributed by atoms with Gasteiger partial charge in [0.25, 0.3) is 0 Å². The van der Waals surface area contributed by atoms with Gasteiger partial charge in [0, 0.05) is 4.91 Å². The number of aliphatic hydroxyl groups is 1. The number of rotatable bonds is 4. The fraction of sp³-hybridized carbons (Fsp3) is 1.00. The Morgan fingerprint density at radius 1 is 1.70 bits per heavy atom. The third-order valence-electron chi connectivity index (χ3n) is 1.69. The van der Waals surface area contributed by atoms with Crippen LogP contribution in [0.25, 0.3) is 10.4 Å². The lowest BCUT2D eigenvalue weighted by atomic mass is 10.0. The predicted molar refractivity (Wildman–Crippen MR) is 39.5 cm³/mol. The Balaban J connectivity index is 3.91. The van der Waals surface area contributed by atoms with Crippen molar-refractivity contribution in [1.29, 1.82) is 0 Å². The summed E-state index contributed by atoms with van der Waals surface area (Å²) in [5.74, 6) is 0.265. The van der Waals surface area contributed by atoms with Gasteiger partial charge >= 0.3 is 0 Å². The molecule has 0 aromatic carbocycles. The van der Waals surface area contributed by atoms with Gasteiger partial charge in [0.1, 0.15) is 0 Å². The minimum absolute atomic E-state index is 0.0565. The van der Waals surface area contributed by atoms with Crippen LogP contribution in [0.4, 0.5) is 0 Å². The summed E-state index contributed by atoms with van der Waals surface area (Å²) in [6, 6.07) is -0.255. The molecule has 0 bridgehead atoms. The van der Waals surface area contributed by atoms with Crippen LogP contribution in [-0.4, -0.2) is 17.8 Å². The molecule has 10 heavy (non-hydrogen) atoms. The van der Waals surface area contributed by atoms with Crippen LogP contribution in [0, 0.1) is 5.92 Å². The van der Waals surface area contributed by atoms with E-state index in [9.17, 15) is 0 Å². The number of hydrogen-bond donors (Lipinski definition) is 1. The molecule has 0 fully saturated rings. The van der Waals surface area contributed by atoms with E-state index >= 15 is 0 Å². The van der Waals surface area contributed by atoms with Crippen LogP contribution in [-0.2, 0) is 0 Å².